The van der Waals surface area contributed by atoms with Crippen molar-refractivity contribution in [3.8, 4) is 39.5 Å². The lowest BCUT2D eigenvalue weighted by molar-refractivity contribution is 1.00. The maximum Gasteiger partial charge on any atom is 0.235 e. The third kappa shape index (κ3) is 3.08. The molecule has 0 unspecified atom stereocenters. The predicted molar refractivity (Wildman–Crippen MR) is 172 cm³/mol. The fraction of sp³-hybridized carbons (Fsp3) is 0.0811. The Labute approximate surface area is 239 Å². The zero-order valence-electron chi connectivity index (χ0n) is 23.0. The van der Waals surface area contributed by atoms with Gasteiger partial charge in [-0.05, 0) is 57.6 Å². The van der Waals surface area contributed by atoms with Gasteiger partial charge in [-0.1, -0.05) is 110 Å². The van der Waals surface area contributed by atoms with Crippen molar-refractivity contribution in [1.82, 2.24) is 14.5 Å². The van der Waals surface area contributed by atoms with Gasteiger partial charge in [-0.2, -0.15) is 0 Å². The van der Waals surface area contributed by atoms with Gasteiger partial charge in [0, 0.05) is 27.2 Å². The molecule has 2 aromatic heterocycles. The summed E-state index contributed by atoms with van der Waals surface area (Å²) in [6, 6.07) is 41.8. The Morgan fingerprint density at radius 1 is 0.610 bits per heavy atom. The highest BCUT2D eigenvalue weighted by Gasteiger charge is 2.41. The molecule has 0 saturated heterocycles. The Bertz CT molecular complexity index is 2210. The highest BCUT2D eigenvalue weighted by molar-refractivity contribution is 7.03. The Balaban J connectivity index is 1.39. The number of hydrogen-bond acceptors (Lipinski definition) is 2. The number of rotatable bonds is 2. The van der Waals surface area contributed by atoms with Gasteiger partial charge in [0.05, 0.1) is 16.7 Å². The molecule has 4 heteroatoms. The molecule has 0 bridgehead atoms. The van der Waals surface area contributed by atoms with Crippen molar-refractivity contribution in [2.24, 2.45) is 0 Å². The predicted octanol–water partition coefficient (Wildman–Crippen LogP) is 7.61. The molecule has 0 amide bonds. The lowest BCUT2D eigenvalue weighted by atomic mass is 10.0. The molecule has 1 aliphatic heterocycles. The maximum absolute atomic E-state index is 5.50. The summed E-state index contributed by atoms with van der Waals surface area (Å²) in [5, 5.41) is 5.15. The van der Waals surface area contributed by atoms with Gasteiger partial charge in [0.1, 0.15) is 8.07 Å². The molecule has 5 aromatic carbocycles. The number of para-hydroxylation sites is 1. The first-order valence-electron chi connectivity index (χ1n) is 14.3. The first kappa shape index (κ1) is 23.0. The van der Waals surface area contributed by atoms with E-state index in [1.165, 1.54) is 60.2 Å². The molecule has 0 spiro atoms. The lowest BCUT2D eigenvalue weighted by Crippen LogP contribution is -2.51. The number of fused-ring (bicyclic) bond motifs is 9. The minimum atomic E-state index is -2.05. The minimum absolute atomic E-state index is 0.762. The van der Waals surface area contributed by atoms with Gasteiger partial charge >= 0.3 is 0 Å². The van der Waals surface area contributed by atoms with E-state index in [-0.39, 0.29) is 0 Å². The maximum atomic E-state index is 5.50. The van der Waals surface area contributed by atoms with Crippen LogP contribution in [-0.4, -0.2) is 22.6 Å². The second-order valence-electron chi connectivity index (χ2n) is 11.8. The first-order valence-corrected chi connectivity index (χ1v) is 17.3. The SMILES string of the molecule is C[Si]1(C)c2ccccc2-c2c(-c3ccccc3)nc(-n3c4ccccc4c4cc5c(cc43)Cc3ccccc3-5)nc21. The zero-order valence-corrected chi connectivity index (χ0v) is 24.0. The molecule has 0 radical (unpaired) electrons. The largest absolute Gasteiger partial charge is 0.278 e. The summed E-state index contributed by atoms with van der Waals surface area (Å²) in [5.41, 5.74) is 12.5. The molecule has 0 atom stereocenters. The highest BCUT2D eigenvalue weighted by atomic mass is 28.3. The lowest BCUT2D eigenvalue weighted by Gasteiger charge is -2.19. The fourth-order valence-corrected chi connectivity index (χ4v) is 10.2. The smallest absolute Gasteiger partial charge is 0.235 e. The molecule has 41 heavy (non-hydrogen) atoms. The zero-order chi connectivity index (χ0) is 27.3. The molecule has 3 nitrogen and oxygen atoms in total. The molecule has 0 saturated carbocycles. The normalized spacial score (nSPS) is 14.2. The van der Waals surface area contributed by atoms with Crippen LogP contribution in [-0.2, 0) is 6.42 Å². The van der Waals surface area contributed by atoms with Crippen LogP contribution in [0.5, 0.6) is 0 Å². The van der Waals surface area contributed by atoms with Crippen LogP contribution in [0.1, 0.15) is 11.1 Å². The van der Waals surface area contributed by atoms with Gasteiger partial charge in [-0.15, -0.1) is 0 Å². The summed E-state index contributed by atoms with van der Waals surface area (Å²) in [4.78, 5) is 10.9. The van der Waals surface area contributed by atoms with E-state index >= 15 is 0 Å². The molecule has 0 N–H and O–H groups in total. The Morgan fingerprint density at radius 2 is 1.34 bits per heavy atom. The van der Waals surface area contributed by atoms with Crippen molar-refractivity contribution in [2.45, 2.75) is 19.5 Å². The van der Waals surface area contributed by atoms with Gasteiger partial charge in [-0.3, -0.25) is 4.57 Å². The van der Waals surface area contributed by atoms with Crippen molar-refractivity contribution in [2.75, 3.05) is 0 Å². The van der Waals surface area contributed by atoms with E-state index < -0.39 is 8.07 Å². The van der Waals surface area contributed by atoms with Crippen LogP contribution in [0, 0.1) is 0 Å². The van der Waals surface area contributed by atoms with Gasteiger partial charge in [0.25, 0.3) is 0 Å². The molecule has 9 rings (SSSR count). The van der Waals surface area contributed by atoms with Crippen LogP contribution in [0.4, 0.5) is 0 Å². The summed E-state index contributed by atoms with van der Waals surface area (Å²) in [5.74, 6) is 0.762. The van der Waals surface area contributed by atoms with Crippen molar-refractivity contribution in [3.63, 3.8) is 0 Å². The van der Waals surface area contributed by atoms with E-state index in [4.69, 9.17) is 9.97 Å². The van der Waals surface area contributed by atoms with E-state index in [1.54, 1.807) is 0 Å². The third-order valence-electron chi connectivity index (χ3n) is 9.19. The molecule has 194 valence electrons. The monoisotopic (exact) mass is 541 g/mol. The average molecular weight is 542 g/mol. The highest BCUT2D eigenvalue weighted by Crippen LogP contribution is 2.42. The standard InChI is InChI=1S/C37H27N3Si/c1-41(2)33-19-11-9-17-28(33)34-35(23-12-4-3-5-13-23)38-37(39-36(34)41)40-31-18-10-8-16-27(31)30-22-29-25(21-32(30)40)20-24-14-6-7-15-26(24)29/h3-19,21-22H,20H2,1-2H3. The van der Waals surface area contributed by atoms with Crippen LogP contribution < -0.4 is 10.5 Å². The third-order valence-corrected chi connectivity index (χ3v) is 12.5. The number of nitrogens with zero attached hydrogens (tertiary/aromatic N) is 3. The molecular formula is C37H27N3Si. The average Bonchev–Trinajstić information content (AvgIpc) is 3.61. The minimum Gasteiger partial charge on any atom is -0.278 e. The molecule has 7 aromatic rings. The van der Waals surface area contributed by atoms with Crippen LogP contribution in [0.3, 0.4) is 0 Å². The summed E-state index contributed by atoms with van der Waals surface area (Å²) in [7, 11) is -2.05. The van der Waals surface area contributed by atoms with Crippen LogP contribution in [0.25, 0.3) is 61.3 Å². The van der Waals surface area contributed by atoms with E-state index in [9.17, 15) is 0 Å². The molecule has 0 fully saturated rings. The van der Waals surface area contributed by atoms with Gasteiger partial charge < -0.3 is 0 Å². The fourth-order valence-electron chi connectivity index (χ4n) is 7.25. The first-order chi connectivity index (χ1) is 20.1. The second kappa shape index (κ2) is 8.12. The topological polar surface area (TPSA) is 30.7 Å². The molecule has 3 heterocycles. The number of benzene rings is 5. The summed E-state index contributed by atoms with van der Waals surface area (Å²) >= 11 is 0. The van der Waals surface area contributed by atoms with Crippen molar-refractivity contribution in [1.29, 1.82) is 0 Å². The van der Waals surface area contributed by atoms with Crippen LogP contribution in [0.15, 0.2) is 115 Å². The van der Waals surface area contributed by atoms with Gasteiger partial charge in [0.2, 0.25) is 5.95 Å². The van der Waals surface area contributed by atoms with Crippen LogP contribution >= 0.6 is 0 Å². The second-order valence-corrected chi connectivity index (χ2v) is 16.1. The van der Waals surface area contributed by atoms with E-state index in [0.717, 1.165) is 29.1 Å². The van der Waals surface area contributed by atoms with Crippen molar-refractivity contribution in [3.05, 3.63) is 126 Å². The summed E-state index contributed by atoms with van der Waals surface area (Å²) < 4.78 is 2.31. The Hall–Kier alpha value is -4.80. The van der Waals surface area contributed by atoms with E-state index in [2.05, 4.69) is 133 Å². The molecular weight excluding hydrogens is 515 g/mol. The molecule has 2 aliphatic rings. The Kier molecular flexibility index (Phi) is 4.55. The number of aromatic nitrogens is 3. The quantitative estimate of drug-likeness (QED) is 0.211. The number of hydrogen-bond donors (Lipinski definition) is 0. The van der Waals surface area contributed by atoms with Gasteiger partial charge in [0.15, 0.2) is 0 Å². The van der Waals surface area contributed by atoms with Crippen molar-refractivity contribution < 1.29 is 0 Å². The van der Waals surface area contributed by atoms with E-state index in [0.29, 0.717) is 0 Å². The summed E-state index contributed by atoms with van der Waals surface area (Å²) in [6.07, 6.45) is 0.957. The molecule has 1 aliphatic carbocycles. The van der Waals surface area contributed by atoms with Crippen molar-refractivity contribution >= 4 is 40.4 Å². The van der Waals surface area contributed by atoms with Crippen LogP contribution in [0.2, 0.25) is 13.1 Å². The Morgan fingerprint density at radius 3 is 2.22 bits per heavy atom. The van der Waals surface area contributed by atoms with Gasteiger partial charge in [-0.25, -0.2) is 9.97 Å². The van der Waals surface area contributed by atoms with E-state index in [1.807, 2.05) is 0 Å². The summed E-state index contributed by atoms with van der Waals surface area (Å²) in [6.45, 7) is 4.86.